The minimum absolute atomic E-state index is 0.0580. The van der Waals surface area contributed by atoms with Crippen LogP contribution in [-0.2, 0) is 10.0 Å². The molecule has 1 saturated heterocycles. The number of nitrogens with zero attached hydrogens (tertiary/aromatic N) is 2. The Morgan fingerprint density at radius 3 is 2.79 bits per heavy atom. The molecule has 106 valence electrons. The summed E-state index contributed by atoms with van der Waals surface area (Å²) in [7, 11) is -3.48. The number of aliphatic hydroxyl groups excluding tert-OH is 1. The van der Waals surface area contributed by atoms with E-state index in [4.69, 9.17) is 0 Å². The van der Waals surface area contributed by atoms with Crippen LogP contribution >= 0.6 is 0 Å². The van der Waals surface area contributed by atoms with Gasteiger partial charge >= 0.3 is 0 Å². The average molecular weight is 285 g/mol. The lowest BCUT2D eigenvalue weighted by molar-refractivity contribution is 0.0975. The van der Waals surface area contributed by atoms with Crippen LogP contribution in [0.1, 0.15) is 32.1 Å². The van der Waals surface area contributed by atoms with Gasteiger partial charge in [-0.1, -0.05) is 6.42 Å². The van der Waals surface area contributed by atoms with Crippen LogP contribution in [0.5, 0.6) is 0 Å². The number of nitrogens with one attached hydrogen (secondary N) is 1. The van der Waals surface area contributed by atoms with Gasteiger partial charge in [-0.05, 0) is 25.7 Å². The summed E-state index contributed by atoms with van der Waals surface area (Å²) in [4.78, 5) is 0.215. The molecule has 0 bridgehead atoms. The quantitative estimate of drug-likeness (QED) is 0.857. The Morgan fingerprint density at radius 2 is 2.16 bits per heavy atom. The molecule has 0 radical (unpaired) electrons. The van der Waals surface area contributed by atoms with Crippen LogP contribution in [0.3, 0.4) is 0 Å². The highest BCUT2D eigenvalue weighted by atomic mass is 32.2. The lowest BCUT2D eigenvalue weighted by atomic mass is 9.95. The first-order valence-corrected chi connectivity index (χ1v) is 8.23. The van der Waals surface area contributed by atoms with E-state index >= 15 is 0 Å². The van der Waals surface area contributed by atoms with Crippen molar-refractivity contribution in [3.05, 3.63) is 12.4 Å². The number of hydrogen-bond donors (Lipinski definition) is 2. The molecule has 2 fully saturated rings. The number of hydrogen-bond acceptors (Lipinski definition) is 4. The molecule has 1 saturated carbocycles. The predicted octanol–water partition coefficient (Wildman–Crippen LogP) is 0.724. The van der Waals surface area contributed by atoms with Gasteiger partial charge in [0.05, 0.1) is 12.3 Å². The van der Waals surface area contributed by atoms with Gasteiger partial charge in [0.2, 0.25) is 10.0 Å². The lowest BCUT2D eigenvalue weighted by Gasteiger charge is -2.30. The Hall–Kier alpha value is -0.920. The Balaban J connectivity index is 1.87. The highest BCUT2D eigenvalue weighted by Crippen LogP contribution is 2.38. The van der Waals surface area contributed by atoms with Gasteiger partial charge in [-0.25, -0.2) is 8.42 Å². The van der Waals surface area contributed by atoms with Crippen LogP contribution in [-0.4, -0.2) is 46.7 Å². The fourth-order valence-electron chi connectivity index (χ4n) is 3.43. The zero-order valence-electron chi connectivity index (χ0n) is 10.7. The molecular weight excluding hydrogens is 266 g/mol. The fraction of sp³-hybridized carbons (Fsp3) is 0.750. The first-order chi connectivity index (χ1) is 9.10. The van der Waals surface area contributed by atoms with Gasteiger partial charge in [-0.15, -0.1) is 0 Å². The molecular formula is C12H19N3O3S. The minimum Gasteiger partial charge on any atom is -0.393 e. The first-order valence-electron chi connectivity index (χ1n) is 6.79. The van der Waals surface area contributed by atoms with Crippen molar-refractivity contribution in [1.29, 1.82) is 0 Å². The summed E-state index contributed by atoms with van der Waals surface area (Å²) in [5.41, 5.74) is 0. The number of aliphatic hydroxyl groups is 1. The van der Waals surface area contributed by atoms with Crippen molar-refractivity contribution >= 4 is 10.0 Å². The summed E-state index contributed by atoms with van der Waals surface area (Å²) in [6.45, 7) is 0.543. The standard InChI is InChI=1S/C12H19N3O3S/c16-12-5-1-3-10(12)11-4-2-6-15(11)19(17,18)9-7-13-14-8-9/h7-8,10-12,16H,1-6H2,(H,13,14). The summed E-state index contributed by atoms with van der Waals surface area (Å²) in [5, 5.41) is 16.3. The van der Waals surface area contributed by atoms with Crippen molar-refractivity contribution in [2.45, 2.75) is 49.1 Å². The Kier molecular flexibility index (Phi) is 3.36. The number of aromatic amines is 1. The van der Waals surface area contributed by atoms with Crippen LogP contribution in [0.15, 0.2) is 17.3 Å². The van der Waals surface area contributed by atoms with Gasteiger partial charge in [0, 0.05) is 24.7 Å². The van der Waals surface area contributed by atoms with Crippen LogP contribution < -0.4 is 0 Å². The molecule has 0 amide bonds. The topological polar surface area (TPSA) is 86.3 Å². The third-order valence-electron chi connectivity index (χ3n) is 4.35. The largest absolute Gasteiger partial charge is 0.393 e. The van der Waals surface area contributed by atoms with E-state index in [1.54, 1.807) is 4.31 Å². The van der Waals surface area contributed by atoms with Gasteiger partial charge < -0.3 is 5.11 Å². The van der Waals surface area contributed by atoms with Crippen molar-refractivity contribution < 1.29 is 13.5 Å². The summed E-state index contributed by atoms with van der Waals surface area (Å²) < 4.78 is 26.7. The third kappa shape index (κ3) is 2.19. The van der Waals surface area contributed by atoms with Gasteiger partial charge in [0.15, 0.2) is 0 Å². The average Bonchev–Trinajstić information content (AvgIpc) is 3.10. The van der Waals surface area contributed by atoms with Crippen molar-refractivity contribution in [2.75, 3.05) is 6.54 Å². The predicted molar refractivity (Wildman–Crippen MR) is 68.8 cm³/mol. The highest BCUT2D eigenvalue weighted by molar-refractivity contribution is 7.89. The molecule has 3 atom stereocenters. The van der Waals surface area contributed by atoms with Crippen molar-refractivity contribution in [2.24, 2.45) is 5.92 Å². The third-order valence-corrected chi connectivity index (χ3v) is 6.24. The van der Waals surface area contributed by atoms with Gasteiger partial charge in [0.1, 0.15) is 4.90 Å². The molecule has 2 N–H and O–H groups in total. The molecule has 0 spiro atoms. The summed E-state index contributed by atoms with van der Waals surface area (Å²) in [6.07, 6.45) is 6.81. The van der Waals surface area contributed by atoms with E-state index in [2.05, 4.69) is 10.2 Å². The number of H-pyrrole nitrogens is 1. The fourth-order valence-corrected chi connectivity index (χ4v) is 5.07. The molecule has 1 aromatic heterocycles. The molecule has 1 aliphatic carbocycles. The maximum absolute atomic E-state index is 12.6. The van der Waals surface area contributed by atoms with Crippen molar-refractivity contribution in [1.82, 2.24) is 14.5 Å². The molecule has 1 aliphatic heterocycles. The second-order valence-electron chi connectivity index (χ2n) is 5.42. The van der Waals surface area contributed by atoms with E-state index in [-0.39, 0.29) is 23.0 Å². The van der Waals surface area contributed by atoms with Gasteiger partial charge in [0.25, 0.3) is 0 Å². The molecule has 1 aromatic rings. The summed E-state index contributed by atoms with van der Waals surface area (Å²) >= 11 is 0. The monoisotopic (exact) mass is 285 g/mol. The van der Waals surface area contributed by atoms with E-state index in [0.717, 1.165) is 32.1 Å². The van der Waals surface area contributed by atoms with Crippen LogP contribution in [0.2, 0.25) is 0 Å². The van der Waals surface area contributed by atoms with E-state index in [1.165, 1.54) is 12.4 Å². The number of aromatic nitrogens is 2. The number of rotatable bonds is 3. The second kappa shape index (κ2) is 4.88. The molecule has 19 heavy (non-hydrogen) atoms. The lowest BCUT2D eigenvalue weighted by Crippen LogP contribution is -2.42. The van der Waals surface area contributed by atoms with E-state index in [1.807, 2.05) is 0 Å². The Bertz CT molecular complexity index is 528. The van der Waals surface area contributed by atoms with E-state index < -0.39 is 10.0 Å². The Labute approximate surface area is 112 Å². The molecule has 3 rings (SSSR count). The van der Waals surface area contributed by atoms with Crippen molar-refractivity contribution in [3.8, 4) is 0 Å². The van der Waals surface area contributed by atoms with Crippen LogP contribution in [0.25, 0.3) is 0 Å². The first kappa shape index (κ1) is 13.1. The normalized spacial score (nSPS) is 33.0. The van der Waals surface area contributed by atoms with Crippen LogP contribution in [0.4, 0.5) is 0 Å². The molecule has 2 aliphatic rings. The molecule has 3 unspecified atom stereocenters. The van der Waals surface area contributed by atoms with E-state index in [9.17, 15) is 13.5 Å². The zero-order valence-corrected chi connectivity index (χ0v) is 11.5. The SMILES string of the molecule is O=S(=O)(c1cn[nH]c1)N1CCCC1C1CCCC1O. The van der Waals surface area contributed by atoms with Crippen LogP contribution in [0, 0.1) is 5.92 Å². The maximum atomic E-state index is 12.6. The highest BCUT2D eigenvalue weighted by Gasteiger charge is 2.43. The Morgan fingerprint density at radius 1 is 1.32 bits per heavy atom. The van der Waals surface area contributed by atoms with Gasteiger partial charge in [-0.3, -0.25) is 5.10 Å². The minimum atomic E-state index is -3.48. The van der Waals surface area contributed by atoms with Crippen molar-refractivity contribution in [3.63, 3.8) is 0 Å². The number of sulfonamides is 1. The molecule has 2 heterocycles. The van der Waals surface area contributed by atoms with Gasteiger partial charge in [-0.2, -0.15) is 9.40 Å². The smallest absolute Gasteiger partial charge is 0.246 e. The van der Waals surface area contributed by atoms with E-state index in [0.29, 0.717) is 6.54 Å². The molecule has 6 nitrogen and oxygen atoms in total. The zero-order chi connectivity index (χ0) is 13.5. The molecule has 7 heteroatoms. The summed E-state index contributed by atoms with van der Waals surface area (Å²) in [5.74, 6) is 0.0872. The second-order valence-corrected chi connectivity index (χ2v) is 7.31. The summed E-state index contributed by atoms with van der Waals surface area (Å²) in [6, 6.07) is -0.0580. The molecule has 0 aromatic carbocycles. The maximum Gasteiger partial charge on any atom is 0.246 e.